The molecule has 0 unspecified atom stereocenters. The van der Waals surface area contributed by atoms with Gasteiger partial charge in [-0.05, 0) is 25.0 Å². The minimum Gasteiger partial charge on any atom is -0.348 e. The molecule has 3 aromatic rings. The molecule has 2 N–H and O–H groups in total. The second-order valence-corrected chi connectivity index (χ2v) is 7.07. The summed E-state index contributed by atoms with van der Waals surface area (Å²) in [6, 6.07) is 20.7. The Bertz CT molecular complexity index is 1050. The Kier molecular flexibility index (Phi) is 5.48. The molecule has 0 aliphatic heterocycles. The maximum absolute atomic E-state index is 12.8. The number of hydrogen-bond acceptors (Lipinski definition) is 5. The molecule has 29 heavy (non-hydrogen) atoms. The van der Waals surface area contributed by atoms with Crippen LogP contribution in [0.2, 0.25) is 0 Å². The van der Waals surface area contributed by atoms with Gasteiger partial charge in [-0.15, -0.1) is 0 Å². The maximum atomic E-state index is 12.8. The Morgan fingerprint density at radius 2 is 1.72 bits per heavy atom. The summed E-state index contributed by atoms with van der Waals surface area (Å²) in [5.41, 5.74) is 2.27. The highest BCUT2D eigenvalue weighted by Gasteiger charge is 2.20. The van der Waals surface area contributed by atoms with Crippen molar-refractivity contribution < 1.29 is 4.79 Å². The lowest BCUT2D eigenvalue weighted by atomic mass is 10.2. The molecule has 1 amide bonds. The average molecular weight is 383 g/mol. The van der Waals surface area contributed by atoms with Gasteiger partial charge < -0.3 is 10.6 Å². The molecule has 1 aromatic heterocycles. The number of rotatable bonds is 5. The van der Waals surface area contributed by atoms with E-state index in [0.29, 0.717) is 28.6 Å². The number of nitriles is 1. The van der Waals surface area contributed by atoms with E-state index in [4.69, 9.17) is 0 Å². The van der Waals surface area contributed by atoms with Gasteiger partial charge in [0.2, 0.25) is 0 Å². The molecular weight excluding hydrogens is 362 g/mol. The number of amides is 1. The largest absolute Gasteiger partial charge is 0.348 e. The van der Waals surface area contributed by atoms with Gasteiger partial charge in [0.15, 0.2) is 5.82 Å². The molecule has 4 rings (SSSR count). The monoisotopic (exact) mass is 383 g/mol. The zero-order valence-electron chi connectivity index (χ0n) is 15.9. The van der Waals surface area contributed by atoms with Crippen LogP contribution < -0.4 is 10.6 Å². The first-order chi connectivity index (χ1) is 14.2. The van der Waals surface area contributed by atoms with Crippen LogP contribution in [0.15, 0.2) is 60.7 Å². The Labute approximate surface area is 169 Å². The Balaban J connectivity index is 1.70. The fourth-order valence-corrected chi connectivity index (χ4v) is 3.50. The van der Waals surface area contributed by atoms with Crippen LogP contribution in [-0.4, -0.2) is 21.9 Å². The minimum absolute atomic E-state index is 0.201. The summed E-state index contributed by atoms with van der Waals surface area (Å²) in [5, 5.41) is 15.6. The number of benzene rings is 2. The van der Waals surface area contributed by atoms with Crippen molar-refractivity contribution in [3.8, 4) is 17.5 Å². The Morgan fingerprint density at radius 3 is 2.48 bits per heavy atom. The van der Waals surface area contributed by atoms with Crippen molar-refractivity contribution in [2.45, 2.75) is 31.7 Å². The molecule has 6 nitrogen and oxygen atoms in total. The van der Waals surface area contributed by atoms with E-state index in [1.54, 1.807) is 24.3 Å². The van der Waals surface area contributed by atoms with Crippen LogP contribution in [0.5, 0.6) is 0 Å². The van der Waals surface area contributed by atoms with Crippen molar-refractivity contribution in [1.82, 2.24) is 15.3 Å². The third kappa shape index (κ3) is 4.41. The van der Waals surface area contributed by atoms with Gasteiger partial charge in [0, 0.05) is 17.7 Å². The molecule has 1 heterocycles. The van der Waals surface area contributed by atoms with Gasteiger partial charge in [-0.3, -0.25) is 4.79 Å². The highest BCUT2D eigenvalue weighted by molar-refractivity contribution is 5.94. The number of carbonyl (C=O) groups excluding carboxylic acids is 1. The normalized spacial score (nSPS) is 13.6. The molecule has 0 atom stereocenters. The van der Waals surface area contributed by atoms with Crippen LogP contribution in [0.4, 0.5) is 11.5 Å². The fourth-order valence-electron chi connectivity index (χ4n) is 3.50. The molecular formula is C23H21N5O. The van der Waals surface area contributed by atoms with Crippen molar-refractivity contribution >= 4 is 17.4 Å². The number of para-hydroxylation sites is 1. The van der Waals surface area contributed by atoms with Crippen LogP contribution in [0, 0.1) is 11.3 Å². The molecule has 0 saturated heterocycles. The van der Waals surface area contributed by atoms with Crippen molar-refractivity contribution in [1.29, 1.82) is 5.26 Å². The van der Waals surface area contributed by atoms with Gasteiger partial charge >= 0.3 is 0 Å². The lowest BCUT2D eigenvalue weighted by Gasteiger charge is -2.14. The molecule has 1 aliphatic carbocycles. The highest BCUT2D eigenvalue weighted by Crippen LogP contribution is 2.23. The summed E-state index contributed by atoms with van der Waals surface area (Å²) in [7, 11) is 0. The zero-order valence-corrected chi connectivity index (χ0v) is 15.9. The number of carbonyl (C=O) groups is 1. The summed E-state index contributed by atoms with van der Waals surface area (Å²) < 4.78 is 0. The van der Waals surface area contributed by atoms with Crippen molar-refractivity contribution in [2.24, 2.45) is 0 Å². The van der Waals surface area contributed by atoms with E-state index < -0.39 is 0 Å². The fraction of sp³-hybridized carbons (Fsp3) is 0.217. The minimum atomic E-state index is -0.201. The number of hydrogen-bond donors (Lipinski definition) is 2. The van der Waals surface area contributed by atoms with E-state index in [1.165, 1.54) is 0 Å². The van der Waals surface area contributed by atoms with Gasteiger partial charge in [0.1, 0.15) is 17.6 Å². The smallest absolute Gasteiger partial charge is 0.270 e. The number of aromatic nitrogens is 2. The molecule has 2 aromatic carbocycles. The summed E-state index contributed by atoms with van der Waals surface area (Å²) in [4.78, 5) is 21.9. The SMILES string of the molecule is N#Cc1ccccc1Nc1cc(C(=O)NC2CCCC2)nc(-c2ccccc2)n1. The lowest BCUT2D eigenvalue weighted by Crippen LogP contribution is -2.33. The number of anilines is 2. The van der Waals surface area contributed by atoms with Crippen LogP contribution >= 0.6 is 0 Å². The molecule has 144 valence electrons. The van der Waals surface area contributed by atoms with Gasteiger partial charge in [0.05, 0.1) is 11.3 Å². The van der Waals surface area contributed by atoms with Crippen molar-refractivity contribution in [3.63, 3.8) is 0 Å². The topological polar surface area (TPSA) is 90.7 Å². The average Bonchev–Trinajstić information content (AvgIpc) is 3.27. The Hall–Kier alpha value is -3.72. The van der Waals surface area contributed by atoms with E-state index in [0.717, 1.165) is 31.2 Å². The summed E-state index contributed by atoms with van der Waals surface area (Å²) >= 11 is 0. The summed E-state index contributed by atoms with van der Waals surface area (Å²) in [6.07, 6.45) is 4.29. The summed E-state index contributed by atoms with van der Waals surface area (Å²) in [6.45, 7) is 0. The molecule has 1 saturated carbocycles. The molecule has 0 radical (unpaired) electrons. The number of nitrogens with zero attached hydrogens (tertiary/aromatic N) is 3. The first kappa shape index (κ1) is 18.6. The van der Waals surface area contributed by atoms with Gasteiger partial charge in [0.25, 0.3) is 5.91 Å². The highest BCUT2D eigenvalue weighted by atomic mass is 16.1. The van der Waals surface area contributed by atoms with E-state index in [9.17, 15) is 10.1 Å². The number of nitrogens with one attached hydrogen (secondary N) is 2. The van der Waals surface area contributed by atoms with E-state index in [1.807, 2.05) is 36.4 Å². The predicted molar refractivity (Wildman–Crippen MR) is 112 cm³/mol. The Morgan fingerprint density at radius 1 is 1.00 bits per heavy atom. The van der Waals surface area contributed by atoms with Crippen LogP contribution in [0.3, 0.4) is 0 Å². The first-order valence-corrected chi connectivity index (χ1v) is 9.74. The van der Waals surface area contributed by atoms with Crippen molar-refractivity contribution in [2.75, 3.05) is 5.32 Å². The molecule has 1 aliphatic rings. The zero-order chi connectivity index (χ0) is 20.1. The van der Waals surface area contributed by atoms with Gasteiger partial charge in [-0.25, -0.2) is 9.97 Å². The van der Waals surface area contributed by atoms with Gasteiger partial charge in [-0.1, -0.05) is 55.3 Å². The van der Waals surface area contributed by atoms with E-state index in [2.05, 4.69) is 26.7 Å². The third-order valence-corrected chi connectivity index (χ3v) is 4.99. The third-order valence-electron chi connectivity index (χ3n) is 4.99. The van der Waals surface area contributed by atoms with Gasteiger partial charge in [-0.2, -0.15) is 5.26 Å². The maximum Gasteiger partial charge on any atom is 0.270 e. The molecule has 0 bridgehead atoms. The lowest BCUT2D eigenvalue weighted by molar-refractivity contribution is 0.0933. The standard InChI is InChI=1S/C23H21N5O/c24-15-17-10-4-7-13-19(17)26-21-14-20(23(29)25-18-11-5-6-12-18)27-22(28-21)16-8-2-1-3-9-16/h1-4,7-10,13-14,18H,5-6,11-12H2,(H,25,29)(H,26,27,28). The quantitative estimate of drug-likeness (QED) is 0.680. The second kappa shape index (κ2) is 8.53. The van der Waals surface area contributed by atoms with E-state index in [-0.39, 0.29) is 11.9 Å². The van der Waals surface area contributed by atoms with Crippen molar-refractivity contribution in [3.05, 3.63) is 71.9 Å². The first-order valence-electron chi connectivity index (χ1n) is 9.74. The molecule has 1 fully saturated rings. The predicted octanol–water partition coefficient (Wildman–Crippen LogP) is 4.43. The molecule has 6 heteroatoms. The van der Waals surface area contributed by atoms with Crippen LogP contribution in [0.25, 0.3) is 11.4 Å². The summed E-state index contributed by atoms with van der Waals surface area (Å²) in [5.74, 6) is 0.729. The van der Waals surface area contributed by atoms with Crippen LogP contribution in [-0.2, 0) is 0 Å². The second-order valence-electron chi connectivity index (χ2n) is 7.07. The van der Waals surface area contributed by atoms with E-state index >= 15 is 0 Å². The van der Waals surface area contributed by atoms with Crippen LogP contribution in [0.1, 0.15) is 41.7 Å². The molecule has 0 spiro atoms.